The summed E-state index contributed by atoms with van der Waals surface area (Å²) in [5.41, 5.74) is 0.111. The van der Waals surface area contributed by atoms with Crippen LogP contribution in [0.1, 0.15) is 43.5 Å². The molecule has 71 heavy (non-hydrogen) atoms. The zero-order chi connectivity index (χ0) is 51.8. The van der Waals surface area contributed by atoms with Crippen LogP contribution in [0.3, 0.4) is 0 Å². The molecule has 4 aromatic heterocycles. The number of benzene rings is 3. The van der Waals surface area contributed by atoms with Crippen molar-refractivity contribution in [2.75, 3.05) is 0 Å². The topological polar surface area (TPSA) is 168 Å². The third-order valence-electron chi connectivity index (χ3n) is 9.96. The van der Waals surface area contributed by atoms with Crippen LogP contribution < -0.4 is 41.4 Å². The SMILES string of the molecule is CCCn1c(=O)c2c(n(C)c1=O)N=C(Oc1cccc(OC(F)(F)F)c1)C2.CCCn1c(=O)c2c(nc(Oc3cccc(OC(F)(F)F)c3)n2Cc2ccc(Cl)cc2)n(C)c1=O.ClCc1ccc(Cl)cn1. The molecule has 7 aromatic rings. The van der Waals surface area contributed by atoms with Gasteiger partial charge in [0, 0.05) is 50.5 Å². The summed E-state index contributed by atoms with van der Waals surface area (Å²) >= 11 is 17.0. The average molecular weight is 1050 g/mol. The number of halogens is 9. The maximum Gasteiger partial charge on any atom is 0.573 e. The monoisotopic (exact) mass is 1050 g/mol. The molecule has 0 amide bonds. The molecule has 3 aromatic carbocycles. The van der Waals surface area contributed by atoms with Crippen LogP contribution in [0.15, 0.2) is 115 Å². The van der Waals surface area contributed by atoms with Gasteiger partial charge in [0.25, 0.3) is 11.1 Å². The molecule has 1 aliphatic heterocycles. The molecule has 0 fully saturated rings. The molecule has 0 radical (unpaired) electrons. The lowest BCUT2D eigenvalue weighted by molar-refractivity contribution is -0.275. The number of ether oxygens (including phenoxy) is 4. The predicted molar refractivity (Wildman–Crippen MR) is 253 cm³/mol. The van der Waals surface area contributed by atoms with E-state index < -0.39 is 46.7 Å². The first-order valence-corrected chi connectivity index (χ1v) is 22.5. The van der Waals surface area contributed by atoms with Crippen molar-refractivity contribution in [3.05, 3.63) is 160 Å². The summed E-state index contributed by atoms with van der Waals surface area (Å²) in [6.45, 7) is 4.31. The minimum Gasteiger partial charge on any atom is -0.442 e. The highest BCUT2D eigenvalue weighted by Gasteiger charge is 2.32. The normalized spacial score (nSPS) is 12.0. The van der Waals surface area contributed by atoms with Crippen molar-refractivity contribution >= 4 is 57.7 Å². The predicted octanol–water partition coefficient (Wildman–Crippen LogP) is 9.69. The van der Waals surface area contributed by atoms with Crippen LogP contribution in [-0.4, -0.2) is 51.4 Å². The number of fused-ring (bicyclic) bond motifs is 2. The Hall–Kier alpha value is -7.04. The largest absolute Gasteiger partial charge is 0.573 e. The van der Waals surface area contributed by atoms with Crippen molar-refractivity contribution in [2.45, 2.75) is 71.3 Å². The Balaban J connectivity index is 0.000000202. The highest BCUT2D eigenvalue weighted by molar-refractivity contribution is 6.30. The number of aliphatic imine (C=N–C) groups is 1. The smallest absolute Gasteiger partial charge is 0.442 e. The standard InChI is InChI=1S/C23H20ClF3N4O4.C17H16F3N3O4.C6H5Cl2N/c1-3-11-30-20(32)18-19(29(2)22(30)33)28-21(31(18)13-14-7-9-15(24)10-8-14)34-16-5-4-6-17(12-16)35-23(25,26)27;1-3-7-23-15(24)12-9-13(21-14(12)22(2)16(23)25)26-10-5-4-6-11(8-10)27-17(18,19)20;7-3-6-2-1-5(8)4-9-6/h4-10,12H,3,11,13H2,1-2H3;4-6,8H,3,7,9H2,1-2H3;1-2,4H,3H2. The third kappa shape index (κ3) is 13.6. The van der Waals surface area contributed by atoms with Gasteiger partial charge < -0.3 is 18.9 Å². The zero-order valence-corrected chi connectivity index (χ0v) is 40.1. The van der Waals surface area contributed by atoms with E-state index >= 15 is 0 Å². The first kappa shape index (κ1) is 53.3. The van der Waals surface area contributed by atoms with Crippen molar-refractivity contribution < 1.29 is 45.3 Å². The summed E-state index contributed by atoms with van der Waals surface area (Å²) in [5, 5.41) is 1.17. The second-order valence-corrected chi connectivity index (χ2v) is 16.4. The van der Waals surface area contributed by atoms with Gasteiger partial charge in [0.15, 0.2) is 11.2 Å². The van der Waals surface area contributed by atoms with Crippen LogP contribution in [0.2, 0.25) is 10.0 Å². The first-order valence-electron chi connectivity index (χ1n) is 21.2. The lowest BCUT2D eigenvalue weighted by Gasteiger charge is -2.12. The van der Waals surface area contributed by atoms with E-state index in [-0.39, 0.29) is 66.4 Å². The van der Waals surface area contributed by atoms with Gasteiger partial charge in [-0.05, 0) is 66.9 Å². The van der Waals surface area contributed by atoms with E-state index in [0.717, 1.165) is 44.7 Å². The van der Waals surface area contributed by atoms with Gasteiger partial charge in [-0.3, -0.25) is 37.4 Å². The zero-order valence-electron chi connectivity index (χ0n) is 37.9. The van der Waals surface area contributed by atoms with Crippen LogP contribution in [-0.2, 0) is 46.0 Å². The highest BCUT2D eigenvalue weighted by atomic mass is 35.5. The second kappa shape index (κ2) is 22.8. The van der Waals surface area contributed by atoms with Gasteiger partial charge in [0.1, 0.15) is 28.8 Å². The number of hydrogen-bond acceptors (Lipinski definition) is 11. The molecule has 0 saturated heterocycles. The fraction of sp³-hybridized carbons (Fsp3) is 0.283. The van der Waals surface area contributed by atoms with Crippen LogP contribution >= 0.6 is 34.8 Å². The average Bonchev–Trinajstić information content (AvgIpc) is 3.90. The van der Waals surface area contributed by atoms with Gasteiger partial charge in [-0.2, -0.15) is 9.98 Å². The van der Waals surface area contributed by atoms with Gasteiger partial charge in [0.2, 0.25) is 5.90 Å². The first-order chi connectivity index (χ1) is 33.6. The Morgan fingerprint density at radius 1 is 0.662 bits per heavy atom. The summed E-state index contributed by atoms with van der Waals surface area (Å²) in [5.74, 6) is -0.107. The van der Waals surface area contributed by atoms with Gasteiger partial charge in [-0.25, -0.2) is 9.59 Å². The molecule has 5 heterocycles. The number of nitrogens with zero attached hydrogens (tertiary/aromatic N) is 8. The van der Waals surface area contributed by atoms with Gasteiger partial charge in [0.05, 0.1) is 35.1 Å². The molecule has 8 rings (SSSR count). The molecule has 0 aliphatic carbocycles. The van der Waals surface area contributed by atoms with E-state index in [9.17, 15) is 45.5 Å². The van der Waals surface area contributed by atoms with Gasteiger partial charge in [-0.15, -0.1) is 37.9 Å². The molecule has 0 N–H and O–H groups in total. The van der Waals surface area contributed by atoms with Crippen LogP contribution in [0.5, 0.6) is 29.0 Å². The molecule has 0 spiro atoms. The van der Waals surface area contributed by atoms with E-state index in [1.807, 2.05) is 13.8 Å². The lowest BCUT2D eigenvalue weighted by atomic mass is 10.2. The fourth-order valence-corrected chi connectivity index (χ4v) is 7.27. The van der Waals surface area contributed by atoms with Gasteiger partial charge in [-0.1, -0.05) is 61.3 Å². The summed E-state index contributed by atoms with van der Waals surface area (Å²) < 4.78 is 100. The van der Waals surface area contributed by atoms with E-state index in [2.05, 4.69) is 24.4 Å². The molecule has 0 saturated carbocycles. The van der Waals surface area contributed by atoms with Crippen molar-refractivity contribution in [1.29, 1.82) is 0 Å². The van der Waals surface area contributed by atoms with Crippen LogP contribution in [0.4, 0.5) is 32.2 Å². The van der Waals surface area contributed by atoms with E-state index in [1.165, 1.54) is 52.1 Å². The summed E-state index contributed by atoms with van der Waals surface area (Å²) in [7, 11) is 2.98. The van der Waals surface area contributed by atoms with Crippen LogP contribution in [0.25, 0.3) is 11.2 Å². The minimum absolute atomic E-state index is 0.00158. The Morgan fingerprint density at radius 3 is 1.73 bits per heavy atom. The Labute approximate surface area is 413 Å². The number of alkyl halides is 7. The number of hydrogen-bond donors (Lipinski definition) is 0. The molecular formula is C46H41Cl3F6N8O8. The lowest BCUT2D eigenvalue weighted by Crippen LogP contribution is -2.40. The van der Waals surface area contributed by atoms with Crippen molar-refractivity contribution in [2.24, 2.45) is 19.1 Å². The van der Waals surface area contributed by atoms with E-state index in [1.54, 1.807) is 42.6 Å². The molecule has 376 valence electrons. The third-order valence-corrected chi connectivity index (χ3v) is 10.7. The molecule has 16 nitrogen and oxygen atoms in total. The Morgan fingerprint density at radius 2 is 1.20 bits per heavy atom. The molecule has 1 aliphatic rings. The quantitative estimate of drug-likeness (QED) is 0.0849. The number of pyridine rings is 1. The highest BCUT2D eigenvalue weighted by Crippen LogP contribution is 2.31. The fourth-order valence-electron chi connectivity index (χ4n) is 6.87. The number of aryl methyl sites for hydroxylation is 1. The Bertz CT molecular complexity index is 3300. The van der Waals surface area contributed by atoms with E-state index in [0.29, 0.717) is 34.3 Å². The van der Waals surface area contributed by atoms with Gasteiger partial charge >= 0.3 is 30.1 Å². The molecule has 25 heteroatoms. The minimum atomic E-state index is -4.87. The second-order valence-electron chi connectivity index (χ2n) is 15.2. The maximum atomic E-state index is 13.3. The maximum absolute atomic E-state index is 13.3. The van der Waals surface area contributed by atoms with E-state index in [4.69, 9.17) is 44.3 Å². The van der Waals surface area contributed by atoms with Crippen molar-refractivity contribution in [3.8, 4) is 29.0 Å². The molecule has 0 bridgehead atoms. The molecule has 0 atom stereocenters. The van der Waals surface area contributed by atoms with Crippen molar-refractivity contribution in [1.82, 2.24) is 32.8 Å². The summed E-state index contributed by atoms with van der Waals surface area (Å²) in [6.07, 6.45) is -6.90. The number of rotatable bonds is 12. The summed E-state index contributed by atoms with van der Waals surface area (Å²) in [6, 6.07) is 20.2. The number of aromatic nitrogens is 7. The van der Waals surface area contributed by atoms with Crippen molar-refractivity contribution in [3.63, 3.8) is 0 Å². The molecular weight excluding hydrogens is 1010 g/mol. The molecule has 0 unspecified atom stereocenters. The van der Waals surface area contributed by atoms with Crippen LogP contribution in [0, 0.1) is 0 Å². The summed E-state index contributed by atoms with van der Waals surface area (Å²) in [4.78, 5) is 63.3. The Kier molecular flexibility index (Phi) is 17.1. The number of imidazole rings is 1.